The number of aromatic nitrogens is 2. The fraction of sp³-hybridized carbons (Fsp3) is 0.217. The Hall–Kier alpha value is -3.39. The Morgan fingerprint density at radius 1 is 1.26 bits per heavy atom. The van der Waals surface area contributed by atoms with Gasteiger partial charge < -0.3 is 14.6 Å². The lowest BCUT2D eigenvalue weighted by atomic mass is 10.0. The van der Waals surface area contributed by atoms with E-state index in [1.54, 1.807) is 38.4 Å². The fourth-order valence-corrected chi connectivity index (χ4v) is 4.38. The molecule has 1 N–H and O–H groups in total. The van der Waals surface area contributed by atoms with Crippen LogP contribution in [0.3, 0.4) is 0 Å². The highest BCUT2D eigenvalue weighted by molar-refractivity contribution is 7.81. The molecule has 0 radical (unpaired) electrons. The zero-order valence-electron chi connectivity index (χ0n) is 18.1. The summed E-state index contributed by atoms with van der Waals surface area (Å²) in [6.45, 7) is 3.41. The van der Waals surface area contributed by atoms with E-state index in [0.717, 1.165) is 4.90 Å². The molecule has 4 rings (SSSR count). The van der Waals surface area contributed by atoms with E-state index in [9.17, 15) is 13.6 Å². The summed E-state index contributed by atoms with van der Waals surface area (Å²) in [4.78, 5) is 22.6. The second kappa shape index (κ2) is 9.10. The Bertz CT molecular complexity index is 1320. The summed E-state index contributed by atoms with van der Waals surface area (Å²) in [5.74, 6) is -1.39. The smallest absolute Gasteiger partial charge is 0.259 e. The van der Waals surface area contributed by atoms with Crippen molar-refractivity contribution in [1.29, 1.82) is 5.26 Å². The van der Waals surface area contributed by atoms with Crippen molar-refractivity contribution in [3.63, 3.8) is 0 Å². The van der Waals surface area contributed by atoms with Crippen molar-refractivity contribution < 1.29 is 18.3 Å². The van der Waals surface area contributed by atoms with Gasteiger partial charge in [0.05, 0.1) is 22.9 Å². The van der Waals surface area contributed by atoms with E-state index in [2.05, 4.69) is 9.97 Å². The number of hydrogen-bond donors (Lipinski definition) is 1. The maximum absolute atomic E-state index is 14.9. The van der Waals surface area contributed by atoms with E-state index in [1.165, 1.54) is 29.2 Å². The van der Waals surface area contributed by atoms with Crippen LogP contribution >= 0.6 is 23.8 Å². The predicted molar refractivity (Wildman–Crippen MR) is 126 cm³/mol. The van der Waals surface area contributed by atoms with Crippen LogP contribution in [0, 0.1) is 23.0 Å². The van der Waals surface area contributed by atoms with Crippen molar-refractivity contribution in [3.05, 3.63) is 76.3 Å². The van der Waals surface area contributed by atoms with Gasteiger partial charge in [0.2, 0.25) is 0 Å². The highest BCUT2D eigenvalue weighted by atomic mass is 35.5. The van der Waals surface area contributed by atoms with Crippen LogP contribution in [0.4, 0.5) is 20.2 Å². The standard InChI is InChI=1S/C23H18ClF2N5O2S/c1-23(2)21(32)30(17-6-4-13(10-27)19(24)20(17)26)22(34)31(23)15-5-3-14(16(25)9-15)11-33-12-18-28-7-8-29-18/h3-9H,11-12H2,1-2H3,(H,28,29). The zero-order chi connectivity index (χ0) is 24.6. The van der Waals surface area contributed by atoms with Crippen LogP contribution in [0.1, 0.15) is 30.8 Å². The molecule has 1 amide bonds. The number of thiocarbonyl (C=S) groups is 1. The number of carbonyl (C=O) groups is 1. The largest absolute Gasteiger partial charge is 0.369 e. The fourth-order valence-electron chi connectivity index (χ4n) is 3.67. The number of ether oxygens (including phenoxy) is 1. The Labute approximate surface area is 204 Å². The van der Waals surface area contributed by atoms with Crippen LogP contribution < -0.4 is 9.80 Å². The van der Waals surface area contributed by atoms with Crippen molar-refractivity contribution in [2.75, 3.05) is 9.80 Å². The van der Waals surface area contributed by atoms with E-state index in [-0.39, 0.29) is 29.6 Å². The minimum absolute atomic E-state index is 0.0145. The summed E-state index contributed by atoms with van der Waals surface area (Å²) < 4.78 is 35.3. The number of anilines is 2. The number of aromatic amines is 1. The van der Waals surface area contributed by atoms with E-state index < -0.39 is 28.1 Å². The number of halogens is 3. The Morgan fingerprint density at radius 2 is 2.03 bits per heavy atom. The van der Waals surface area contributed by atoms with Crippen LogP contribution in [0.15, 0.2) is 42.7 Å². The van der Waals surface area contributed by atoms with Gasteiger partial charge in [-0.15, -0.1) is 0 Å². The van der Waals surface area contributed by atoms with E-state index >= 15 is 0 Å². The first-order valence-corrected chi connectivity index (χ1v) is 10.9. The van der Waals surface area contributed by atoms with Gasteiger partial charge in [0, 0.05) is 23.6 Å². The monoisotopic (exact) mass is 501 g/mol. The number of nitrogens with zero attached hydrogens (tertiary/aromatic N) is 4. The highest BCUT2D eigenvalue weighted by Gasteiger charge is 2.51. The third-order valence-electron chi connectivity index (χ3n) is 5.44. The van der Waals surface area contributed by atoms with Gasteiger partial charge in [0.15, 0.2) is 10.9 Å². The van der Waals surface area contributed by atoms with E-state index in [1.807, 2.05) is 0 Å². The number of carbonyl (C=O) groups excluding carboxylic acids is 1. The lowest BCUT2D eigenvalue weighted by Gasteiger charge is -2.29. The van der Waals surface area contributed by atoms with Crippen LogP contribution in [-0.2, 0) is 22.7 Å². The number of rotatable bonds is 6. The molecule has 1 aliphatic heterocycles. The first kappa shape index (κ1) is 23.8. The van der Waals surface area contributed by atoms with Crippen molar-refractivity contribution >= 4 is 46.2 Å². The van der Waals surface area contributed by atoms with Gasteiger partial charge in [0.25, 0.3) is 5.91 Å². The quantitative estimate of drug-likeness (QED) is 0.486. The summed E-state index contributed by atoms with van der Waals surface area (Å²) >= 11 is 11.5. The number of nitrogens with one attached hydrogen (secondary N) is 1. The normalized spacial score (nSPS) is 15.2. The van der Waals surface area contributed by atoms with Gasteiger partial charge in [-0.1, -0.05) is 17.7 Å². The minimum atomic E-state index is -1.24. The maximum Gasteiger partial charge on any atom is 0.259 e. The highest BCUT2D eigenvalue weighted by Crippen LogP contribution is 2.39. The van der Waals surface area contributed by atoms with Crippen LogP contribution in [0.2, 0.25) is 5.02 Å². The number of benzene rings is 2. The number of nitriles is 1. The second-order valence-electron chi connectivity index (χ2n) is 7.99. The Kier molecular flexibility index (Phi) is 6.36. The van der Waals surface area contributed by atoms with Gasteiger partial charge in [-0.25, -0.2) is 13.8 Å². The average Bonchev–Trinajstić information content (AvgIpc) is 3.37. The average molecular weight is 502 g/mol. The molecule has 1 aliphatic rings. The predicted octanol–water partition coefficient (Wildman–Crippen LogP) is 4.85. The van der Waals surface area contributed by atoms with Crippen LogP contribution in [0.5, 0.6) is 0 Å². The minimum Gasteiger partial charge on any atom is -0.369 e. The number of H-pyrrole nitrogens is 1. The van der Waals surface area contributed by atoms with Gasteiger partial charge in [0.1, 0.15) is 29.9 Å². The SMILES string of the molecule is CC1(C)C(=O)N(c2ccc(C#N)c(Cl)c2F)C(=S)N1c1ccc(COCc2ncc[nH]2)c(F)c1. The molecule has 174 valence electrons. The molecular weight excluding hydrogens is 484 g/mol. The summed E-state index contributed by atoms with van der Waals surface area (Å²) in [5.41, 5.74) is -0.862. The van der Waals surface area contributed by atoms with E-state index in [0.29, 0.717) is 17.1 Å². The Morgan fingerprint density at radius 3 is 2.68 bits per heavy atom. The third-order valence-corrected chi connectivity index (χ3v) is 6.17. The van der Waals surface area contributed by atoms with E-state index in [4.69, 9.17) is 33.8 Å². The lowest BCUT2D eigenvalue weighted by Crippen LogP contribution is -2.44. The molecule has 1 fully saturated rings. The van der Waals surface area contributed by atoms with Crippen LogP contribution in [0.25, 0.3) is 0 Å². The zero-order valence-corrected chi connectivity index (χ0v) is 19.7. The van der Waals surface area contributed by atoms with Crippen LogP contribution in [-0.4, -0.2) is 26.5 Å². The molecule has 2 aromatic carbocycles. The molecule has 11 heteroatoms. The summed E-state index contributed by atoms with van der Waals surface area (Å²) in [7, 11) is 0. The topological polar surface area (TPSA) is 85.2 Å². The molecule has 0 bridgehead atoms. The molecule has 3 aromatic rings. The van der Waals surface area contributed by atoms with Gasteiger partial charge in [-0.05, 0) is 50.3 Å². The van der Waals surface area contributed by atoms with Crippen molar-refractivity contribution in [2.24, 2.45) is 0 Å². The molecule has 0 saturated carbocycles. The number of hydrogen-bond acceptors (Lipinski definition) is 5. The molecule has 7 nitrogen and oxygen atoms in total. The molecule has 0 aliphatic carbocycles. The summed E-state index contributed by atoms with van der Waals surface area (Å²) in [5, 5.41) is 8.61. The van der Waals surface area contributed by atoms with Crippen molar-refractivity contribution in [1.82, 2.24) is 9.97 Å². The first-order chi connectivity index (χ1) is 16.2. The van der Waals surface area contributed by atoms with Gasteiger partial charge in [-0.2, -0.15) is 5.26 Å². The molecule has 1 aromatic heterocycles. The first-order valence-electron chi connectivity index (χ1n) is 10.1. The van der Waals surface area contributed by atoms with Crippen molar-refractivity contribution in [3.8, 4) is 6.07 Å². The van der Waals surface area contributed by atoms with Gasteiger partial charge in [-0.3, -0.25) is 9.69 Å². The second-order valence-corrected chi connectivity index (χ2v) is 8.74. The molecule has 34 heavy (non-hydrogen) atoms. The number of imidazole rings is 1. The molecule has 0 unspecified atom stereocenters. The van der Waals surface area contributed by atoms with Crippen molar-refractivity contribution in [2.45, 2.75) is 32.6 Å². The molecule has 1 saturated heterocycles. The molecule has 0 atom stereocenters. The summed E-state index contributed by atoms with van der Waals surface area (Å²) in [6, 6.07) is 8.76. The molecule has 0 spiro atoms. The van der Waals surface area contributed by atoms with Gasteiger partial charge >= 0.3 is 0 Å². The molecule has 2 heterocycles. The number of amides is 1. The molecular formula is C23H18ClF2N5O2S. The summed E-state index contributed by atoms with van der Waals surface area (Å²) in [6.07, 6.45) is 3.26. The third kappa shape index (κ3) is 4.03. The lowest BCUT2D eigenvalue weighted by molar-refractivity contribution is -0.120. The maximum atomic E-state index is 14.9. The Balaban J connectivity index is 1.61.